The van der Waals surface area contributed by atoms with E-state index in [1.165, 1.54) is 4.88 Å². The number of hydrogen-bond acceptors (Lipinski definition) is 2. The van der Waals surface area contributed by atoms with Crippen molar-refractivity contribution in [3.05, 3.63) is 28.0 Å². The molecule has 1 aromatic heterocycles. The molecule has 0 spiro atoms. The first-order chi connectivity index (χ1) is 5.18. The Bertz CT molecular complexity index is 286. The van der Waals surface area contributed by atoms with Gasteiger partial charge in [0, 0.05) is 15.8 Å². The van der Waals surface area contributed by atoms with Gasteiger partial charge in [-0.15, -0.1) is 11.3 Å². The fourth-order valence-corrected chi connectivity index (χ4v) is 1.48. The van der Waals surface area contributed by atoms with Crippen LogP contribution in [0.15, 0.2) is 18.2 Å². The highest BCUT2D eigenvalue weighted by Crippen LogP contribution is 2.15. The van der Waals surface area contributed by atoms with Crippen molar-refractivity contribution in [2.75, 3.05) is 0 Å². The van der Waals surface area contributed by atoms with Crippen LogP contribution in [0, 0.1) is 6.92 Å². The van der Waals surface area contributed by atoms with Crippen molar-refractivity contribution < 1.29 is 9.90 Å². The molecule has 0 atom stereocenters. The molecule has 0 amide bonds. The minimum absolute atomic E-state index is 0.906. The van der Waals surface area contributed by atoms with Crippen LogP contribution in [-0.2, 0) is 4.79 Å². The molecule has 1 rings (SSSR count). The minimum atomic E-state index is -0.906. The topological polar surface area (TPSA) is 37.3 Å². The maximum atomic E-state index is 10.1. The molecular weight excluding hydrogens is 160 g/mol. The van der Waals surface area contributed by atoms with Crippen LogP contribution in [0.4, 0.5) is 0 Å². The van der Waals surface area contributed by atoms with E-state index in [1.54, 1.807) is 17.4 Å². The average Bonchev–Trinajstić information content (AvgIpc) is 2.31. The molecule has 2 nitrogen and oxygen atoms in total. The van der Waals surface area contributed by atoms with Gasteiger partial charge in [-0.3, -0.25) is 0 Å². The van der Waals surface area contributed by atoms with Crippen LogP contribution < -0.4 is 0 Å². The number of rotatable bonds is 2. The summed E-state index contributed by atoms with van der Waals surface area (Å²) in [6.07, 6.45) is 2.74. The van der Waals surface area contributed by atoms with Crippen molar-refractivity contribution >= 4 is 23.4 Å². The van der Waals surface area contributed by atoms with Gasteiger partial charge in [-0.2, -0.15) is 0 Å². The summed E-state index contributed by atoms with van der Waals surface area (Å²) in [7, 11) is 0. The van der Waals surface area contributed by atoms with E-state index in [-0.39, 0.29) is 0 Å². The van der Waals surface area contributed by atoms with Gasteiger partial charge >= 0.3 is 5.97 Å². The van der Waals surface area contributed by atoms with Crippen LogP contribution in [-0.4, -0.2) is 11.1 Å². The number of carbonyl (C=O) groups is 1. The standard InChI is InChI=1S/C8H8O2S/c1-6-2-3-7(11-6)4-5-8(9)10/h2-5H,1H3,(H,9,10). The SMILES string of the molecule is Cc1ccc(C=CC(=O)O)s1. The highest BCUT2D eigenvalue weighted by molar-refractivity contribution is 7.12. The molecular formula is C8H8O2S. The van der Waals surface area contributed by atoms with Crippen molar-refractivity contribution in [1.82, 2.24) is 0 Å². The van der Waals surface area contributed by atoms with Crippen molar-refractivity contribution in [2.24, 2.45) is 0 Å². The van der Waals surface area contributed by atoms with Crippen LogP contribution in [0.2, 0.25) is 0 Å². The first-order valence-electron chi connectivity index (χ1n) is 3.16. The van der Waals surface area contributed by atoms with Gasteiger partial charge in [-0.25, -0.2) is 4.79 Å². The minimum Gasteiger partial charge on any atom is -0.478 e. The number of hydrogen-bond donors (Lipinski definition) is 1. The largest absolute Gasteiger partial charge is 0.478 e. The monoisotopic (exact) mass is 168 g/mol. The molecule has 1 aromatic rings. The third-order valence-corrected chi connectivity index (χ3v) is 2.12. The maximum absolute atomic E-state index is 10.1. The zero-order valence-corrected chi connectivity index (χ0v) is 6.89. The lowest BCUT2D eigenvalue weighted by Gasteiger charge is -1.80. The van der Waals surface area contributed by atoms with Gasteiger partial charge in [-0.05, 0) is 25.1 Å². The van der Waals surface area contributed by atoms with Crippen molar-refractivity contribution in [1.29, 1.82) is 0 Å². The van der Waals surface area contributed by atoms with E-state index < -0.39 is 5.97 Å². The Morgan fingerprint density at radius 2 is 2.36 bits per heavy atom. The molecule has 1 heterocycles. The summed E-state index contributed by atoms with van der Waals surface area (Å²) in [5, 5.41) is 8.30. The van der Waals surface area contributed by atoms with E-state index in [2.05, 4.69) is 0 Å². The summed E-state index contributed by atoms with van der Waals surface area (Å²) in [6.45, 7) is 1.99. The summed E-state index contributed by atoms with van der Waals surface area (Å²) < 4.78 is 0. The lowest BCUT2D eigenvalue weighted by Crippen LogP contribution is -1.84. The Morgan fingerprint density at radius 3 is 2.82 bits per heavy atom. The van der Waals surface area contributed by atoms with Crippen LogP contribution in [0.25, 0.3) is 6.08 Å². The predicted octanol–water partition coefficient (Wildman–Crippen LogP) is 2.15. The summed E-state index contributed by atoms with van der Waals surface area (Å²) in [5.41, 5.74) is 0. The van der Waals surface area contributed by atoms with E-state index in [0.29, 0.717) is 0 Å². The molecule has 0 fully saturated rings. The zero-order valence-electron chi connectivity index (χ0n) is 6.07. The lowest BCUT2D eigenvalue weighted by atomic mass is 10.4. The highest BCUT2D eigenvalue weighted by Gasteiger charge is 1.91. The quantitative estimate of drug-likeness (QED) is 0.687. The highest BCUT2D eigenvalue weighted by atomic mass is 32.1. The molecule has 0 saturated carbocycles. The predicted molar refractivity (Wildman–Crippen MR) is 45.7 cm³/mol. The normalized spacial score (nSPS) is 10.6. The number of carboxylic acids is 1. The smallest absolute Gasteiger partial charge is 0.328 e. The van der Waals surface area contributed by atoms with E-state index >= 15 is 0 Å². The first kappa shape index (κ1) is 8.01. The Labute approximate surface area is 68.8 Å². The lowest BCUT2D eigenvalue weighted by molar-refractivity contribution is -0.131. The van der Waals surface area contributed by atoms with E-state index in [4.69, 9.17) is 5.11 Å². The second-order valence-corrected chi connectivity index (χ2v) is 3.44. The van der Waals surface area contributed by atoms with Gasteiger partial charge in [0.25, 0.3) is 0 Å². The zero-order chi connectivity index (χ0) is 8.27. The maximum Gasteiger partial charge on any atom is 0.328 e. The molecule has 58 valence electrons. The third-order valence-electron chi connectivity index (χ3n) is 1.15. The number of carboxylic acid groups (broad SMARTS) is 1. The van der Waals surface area contributed by atoms with Crippen LogP contribution in [0.5, 0.6) is 0 Å². The van der Waals surface area contributed by atoms with Gasteiger partial charge in [-0.1, -0.05) is 0 Å². The van der Waals surface area contributed by atoms with Crippen LogP contribution in [0.3, 0.4) is 0 Å². The number of aliphatic carboxylic acids is 1. The fourth-order valence-electron chi connectivity index (χ4n) is 0.696. The Hall–Kier alpha value is -1.09. The fraction of sp³-hybridized carbons (Fsp3) is 0.125. The van der Waals surface area contributed by atoms with Crippen molar-refractivity contribution in [3.8, 4) is 0 Å². The van der Waals surface area contributed by atoms with Crippen molar-refractivity contribution in [3.63, 3.8) is 0 Å². The van der Waals surface area contributed by atoms with Gasteiger partial charge in [0.05, 0.1) is 0 Å². The third kappa shape index (κ3) is 2.55. The first-order valence-corrected chi connectivity index (χ1v) is 3.97. The van der Waals surface area contributed by atoms with Gasteiger partial charge in [0.1, 0.15) is 0 Å². The van der Waals surface area contributed by atoms with E-state index in [1.807, 2.05) is 19.1 Å². The molecule has 1 N–H and O–H groups in total. The second-order valence-electron chi connectivity index (χ2n) is 2.12. The van der Waals surface area contributed by atoms with Crippen LogP contribution >= 0.6 is 11.3 Å². The van der Waals surface area contributed by atoms with Gasteiger partial charge < -0.3 is 5.11 Å². The van der Waals surface area contributed by atoms with Crippen LogP contribution in [0.1, 0.15) is 9.75 Å². The summed E-state index contributed by atoms with van der Waals surface area (Å²) in [6, 6.07) is 3.87. The Balaban J connectivity index is 2.71. The molecule has 0 bridgehead atoms. The van der Waals surface area contributed by atoms with E-state index in [0.717, 1.165) is 11.0 Å². The van der Waals surface area contributed by atoms with Gasteiger partial charge in [0.2, 0.25) is 0 Å². The molecule has 11 heavy (non-hydrogen) atoms. The Morgan fingerprint density at radius 1 is 1.64 bits per heavy atom. The van der Waals surface area contributed by atoms with Gasteiger partial charge in [0.15, 0.2) is 0 Å². The molecule has 0 aromatic carbocycles. The molecule has 0 aliphatic heterocycles. The molecule has 0 aliphatic carbocycles. The van der Waals surface area contributed by atoms with Crippen molar-refractivity contribution in [2.45, 2.75) is 6.92 Å². The molecule has 0 saturated heterocycles. The molecule has 0 unspecified atom stereocenters. The summed E-state index contributed by atoms with van der Waals surface area (Å²) in [4.78, 5) is 12.3. The second kappa shape index (κ2) is 3.34. The number of aryl methyl sites for hydroxylation is 1. The van der Waals surface area contributed by atoms with E-state index in [9.17, 15) is 4.79 Å². The average molecular weight is 168 g/mol. The number of thiophene rings is 1. The molecule has 3 heteroatoms. The summed E-state index contributed by atoms with van der Waals surface area (Å²) >= 11 is 1.58. The molecule has 0 radical (unpaired) electrons. The Kier molecular flexibility index (Phi) is 2.44. The molecule has 0 aliphatic rings. The summed E-state index contributed by atoms with van der Waals surface area (Å²) in [5.74, 6) is -0.906.